The van der Waals surface area contributed by atoms with E-state index in [4.69, 9.17) is 46.4 Å². The summed E-state index contributed by atoms with van der Waals surface area (Å²) in [4.78, 5) is 54.4. The van der Waals surface area contributed by atoms with Crippen molar-refractivity contribution in [3.63, 3.8) is 0 Å². The number of sulfonamides is 2. The number of piperazine rings is 2. The number of halogens is 4. The molecule has 0 aromatic heterocycles. The lowest BCUT2D eigenvalue weighted by atomic mass is 9.97. The van der Waals surface area contributed by atoms with Crippen LogP contribution in [0.25, 0.3) is 34.4 Å². The third-order valence-corrected chi connectivity index (χ3v) is 15.0. The van der Waals surface area contributed by atoms with E-state index in [1.165, 1.54) is 103 Å². The molecule has 2 aliphatic heterocycles. The third-order valence-electron chi connectivity index (χ3n) is 10.2. The number of benzene rings is 4. The van der Waals surface area contributed by atoms with Crippen LogP contribution < -0.4 is 0 Å². The second-order valence-corrected chi connectivity index (χ2v) is 21.0. The van der Waals surface area contributed by atoms with Gasteiger partial charge in [0, 0.05) is 85.7 Å². The highest BCUT2D eigenvalue weighted by Crippen LogP contribution is 2.50. The van der Waals surface area contributed by atoms with Crippen LogP contribution in [-0.4, -0.2) is 122 Å². The molecule has 63 heavy (non-hydrogen) atoms. The van der Waals surface area contributed by atoms with E-state index in [2.05, 4.69) is 0 Å². The normalized spacial score (nSPS) is 15.7. The van der Waals surface area contributed by atoms with Gasteiger partial charge in [0.05, 0.1) is 53.3 Å². The van der Waals surface area contributed by atoms with Crippen molar-refractivity contribution in [3.05, 3.63) is 124 Å². The SMILES string of the molecule is CS(=O)(=O)N1CCN(C(=O)/C=C/c2ccc(Sc3ccc(/C=C/C(=O)N4CCN(S(C)(=O)=O)CC4)c(-c4ccc(Cl)cc4Cl)c3[N+](=O)[O-])c([N+](=O)[O-])c2-c2ccc(Cl)cc2Cl)CC1. The topological polar surface area (TPSA) is 202 Å². The Balaban J connectivity index is 1.44. The standard InChI is InChI=1S/C40H36Cl4N6O10S3/c1-62(57,58)47-19-15-45(16-20-47)35(51)13-5-25-3-11-33(39(49(53)54)37(25)29-9-7-27(41)23-31(29)43)61-34-12-4-26(6-14-36(52)46-17-21-48(22-18-46)63(2,59)60)38(40(34)50(55)56)30-10-8-28(42)24-32(30)44/h3-14,23-24H,15-22H2,1-2H3/b13-5+,14-6+. The van der Waals surface area contributed by atoms with Crippen molar-refractivity contribution >= 4 is 114 Å². The van der Waals surface area contributed by atoms with E-state index in [9.17, 15) is 46.7 Å². The van der Waals surface area contributed by atoms with Crippen molar-refractivity contribution < 1.29 is 36.3 Å². The van der Waals surface area contributed by atoms with Crippen LogP contribution >= 0.6 is 58.2 Å². The monoisotopic (exact) mass is 996 g/mol. The van der Waals surface area contributed by atoms with Gasteiger partial charge in [0.1, 0.15) is 0 Å². The number of hydrogen-bond acceptors (Lipinski definition) is 11. The lowest BCUT2D eigenvalue weighted by Crippen LogP contribution is -2.49. The van der Waals surface area contributed by atoms with Crippen molar-refractivity contribution in [3.8, 4) is 22.3 Å². The number of nitro benzene ring substituents is 2. The van der Waals surface area contributed by atoms with Crippen LogP contribution in [0.4, 0.5) is 11.4 Å². The fourth-order valence-corrected chi connectivity index (χ4v) is 10.8. The Labute approximate surface area is 387 Å². The van der Waals surface area contributed by atoms with E-state index in [0.717, 1.165) is 24.3 Å². The summed E-state index contributed by atoms with van der Waals surface area (Å²) in [6.45, 7) is 0.892. The molecule has 2 aliphatic rings. The van der Waals surface area contributed by atoms with Crippen LogP contribution in [0.3, 0.4) is 0 Å². The number of nitrogens with zero attached hydrogens (tertiary/aromatic N) is 6. The minimum Gasteiger partial charge on any atom is -0.337 e. The summed E-state index contributed by atoms with van der Waals surface area (Å²) < 4.78 is 50.5. The van der Waals surface area contributed by atoms with E-state index >= 15 is 0 Å². The van der Waals surface area contributed by atoms with Crippen LogP contribution in [0, 0.1) is 20.2 Å². The van der Waals surface area contributed by atoms with Crippen molar-refractivity contribution in [2.24, 2.45) is 0 Å². The Morgan fingerprint density at radius 1 is 0.587 bits per heavy atom. The highest BCUT2D eigenvalue weighted by atomic mass is 35.5. The Hall–Kier alpha value is -4.57. The second kappa shape index (κ2) is 19.7. The lowest BCUT2D eigenvalue weighted by molar-refractivity contribution is -0.387. The summed E-state index contributed by atoms with van der Waals surface area (Å²) in [7, 11) is -6.90. The summed E-state index contributed by atoms with van der Waals surface area (Å²) in [5.41, 5.74) is -0.273. The maximum atomic E-state index is 13.3. The zero-order valence-corrected chi connectivity index (χ0v) is 38.7. The molecule has 0 radical (unpaired) electrons. The summed E-state index contributed by atoms with van der Waals surface area (Å²) in [5, 5.41) is 26.9. The molecule has 23 heteroatoms. The van der Waals surface area contributed by atoms with Crippen LogP contribution in [0.2, 0.25) is 20.1 Å². The number of nitro groups is 2. The highest BCUT2D eigenvalue weighted by molar-refractivity contribution is 7.99. The molecular formula is C40H36Cl4N6O10S3. The predicted molar refractivity (Wildman–Crippen MR) is 245 cm³/mol. The first kappa shape index (κ1) is 47.9. The first-order valence-corrected chi connectivity index (χ1v) is 24.7. The van der Waals surface area contributed by atoms with Crippen LogP contribution in [-0.2, 0) is 29.6 Å². The fourth-order valence-electron chi connectivity index (χ4n) is 7.06. The molecule has 0 unspecified atom stereocenters. The van der Waals surface area contributed by atoms with E-state index in [0.29, 0.717) is 0 Å². The van der Waals surface area contributed by atoms with Crippen LogP contribution in [0.15, 0.2) is 82.6 Å². The van der Waals surface area contributed by atoms with Gasteiger partial charge < -0.3 is 9.80 Å². The lowest BCUT2D eigenvalue weighted by Gasteiger charge is -2.32. The van der Waals surface area contributed by atoms with Crippen molar-refractivity contribution in [1.82, 2.24) is 18.4 Å². The third kappa shape index (κ3) is 11.2. The van der Waals surface area contributed by atoms with Gasteiger partial charge in [-0.3, -0.25) is 29.8 Å². The maximum absolute atomic E-state index is 13.3. The van der Waals surface area contributed by atoms with Gasteiger partial charge in [-0.15, -0.1) is 0 Å². The number of rotatable bonds is 12. The van der Waals surface area contributed by atoms with Gasteiger partial charge in [-0.2, -0.15) is 8.61 Å². The molecule has 0 bridgehead atoms. The molecule has 2 fully saturated rings. The Morgan fingerprint density at radius 3 is 1.24 bits per heavy atom. The molecule has 0 N–H and O–H groups in total. The van der Waals surface area contributed by atoms with Crippen LogP contribution in [0.5, 0.6) is 0 Å². The van der Waals surface area contributed by atoms with Gasteiger partial charge in [0.25, 0.3) is 11.4 Å². The van der Waals surface area contributed by atoms with E-state index in [1.807, 2.05) is 0 Å². The predicted octanol–water partition coefficient (Wildman–Crippen LogP) is 7.84. The summed E-state index contributed by atoms with van der Waals surface area (Å²) in [5.74, 6) is -0.932. The highest BCUT2D eigenvalue weighted by Gasteiger charge is 2.32. The Bertz CT molecular complexity index is 2620. The Morgan fingerprint density at radius 2 is 0.937 bits per heavy atom. The maximum Gasteiger partial charge on any atom is 0.291 e. The van der Waals surface area contributed by atoms with Gasteiger partial charge in [-0.05, 0) is 59.7 Å². The molecule has 0 spiro atoms. The number of amides is 2. The molecule has 332 valence electrons. The molecule has 2 heterocycles. The van der Waals surface area contributed by atoms with Crippen molar-refractivity contribution in [2.75, 3.05) is 64.9 Å². The zero-order valence-electron chi connectivity index (χ0n) is 33.2. The van der Waals surface area contributed by atoms with Gasteiger partial charge in [-0.25, -0.2) is 16.8 Å². The molecular weight excluding hydrogens is 962 g/mol. The van der Waals surface area contributed by atoms with Gasteiger partial charge in [0.15, 0.2) is 0 Å². The molecule has 0 atom stereocenters. The molecule has 4 aromatic rings. The first-order chi connectivity index (χ1) is 29.6. The zero-order chi connectivity index (χ0) is 46.0. The van der Waals surface area contributed by atoms with Gasteiger partial charge in [-0.1, -0.05) is 82.4 Å². The largest absolute Gasteiger partial charge is 0.337 e. The summed E-state index contributed by atoms with van der Waals surface area (Å²) in [6.07, 6.45) is 7.37. The molecule has 2 saturated heterocycles. The first-order valence-electron chi connectivity index (χ1n) is 18.7. The van der Waals surface area contributed by atoms with Gasteiger partial charge >= 0.3 is 0 Å². The van der Waals surface area contributed by atoms with Crippen molar-refractivity contribution in [1.29, 1.82) is 0 Å². The van der Waals surface area contributed by atoms with Gasteiger partial charge in [0.2, 0.25) is 31.9 Å². The minimum absolute atomic E-state index is 0.0170. The summed E-state index contributed by atoms with van der Waals surface area (Å²) in [6, 6.07) is 14.5. The quantitative estimate of drug-likeness (QED) is 0.0761. The summed E-state index contributed by atoms with van der Waals surface area (Å²) >= 11 is 26.4. The number of carbonyl (C=O) groups excluding carboxylic acids is 2. The molecule has 6 rings (SSSR count). The average molecular weight is 999 g/mol. The van der Waals surface area contributed by atoms with Crippen LogP contribution in [0.1, 0.15) is 11.1 Å². The smallest absolute Gasteiger partial charge is 0.291 e. The second-order valence-electron chi connectivity index (χ2n) is 14.3. The molecule has 4 aromatic carbocycles. The number of hydrogen-bond donors (Lipinski definition) is 0. The molecule has 0 aliphatic carbocycles. The Kier molecular flexibility index (Phi) is 15.0. The van der Waals surface area contributed by atoms with E-state index in [-0.39, 0.29) is 116 Å². The minimum atomic E-state index is -3.45. The van der Waals surface area contributed by atoms with E-state index < -0.39 is 53.1 Å². The molecule has 2 amide bonds. The van der Waals surface area contributed by atoms with E-state index in [1.54, 1.807) is 0 Å². The van der Waals surface area contributed by atoms with Crippen molar-refractivity contribution in [2.45, 2.75) is 9.79 Å². The average Bonchev–Trinajstić information content (AvgIpc) is 3.21. The molecule has 0 saturated carbocycles. The fraction of sp³-hybridized carbons (Fsp3) is 0.250. The molecule has 16 nitrogen and oxygen atoms in total. The number of carbonyl (C=O) groups is 2.